The normalized spacial score (nSPS) is 12.5. The molecule has 0 radical (unpaired) electrons. The van der Waals surface area contributed by atoms with Crippen LogP contribution in [0.3, 0.4) is 0 Å². The van der Waals surface area contributed by atoms with Gasteiger partial charge in [-0.05, 0) is 151 Å². The van der Waals surface area contributed by atoms with Crippen molar-refractivity contribution in [3.05, 3.63) is 278 Å². The molecule has 0 amide bonds. The maximum atomic E-state index is 2.46. The van der Waals surface area contributed by atoms with E-state index in [-0.39, 0.29) is 5.41 Å². The Hall–Kier alpha value is -8.98. The van der Waals surface area contributed by atoms with Crippen LogP contribution in [0.15, 0.2) is 267 Å². The van der Waals surface area contributed by atoms with Gasteiger partial charge in [-0.2, -0.15) is 0 Å². The van der Waals surface area contributed by atoms with Gasteiger partial charge in [-0.15, -0.1) is 0 Å². The van der Waals surface area contributed by atoms with E-state index in [0.717, 1.165) is 33.9 Å². The summed E-state index contributed by atoms with van der Waals surface area (Å²) in [6.45, 7) is 4.73. The van der Waals surface area contributed by atoms with Gasteiger partial charge in [0.25, 0.3) is 0 Å². The van der Waals surface area contributed by atoms with Crippen LogP contribution in [0.1, 0.15) is 25.0 Å². The van der Waals surface area contributed by atoms with E-state index in [1.807, 2.05) is 0 Å². The van der Waals surface area contributed by atoms with E-state index in [1.54, 1.807) is 0 Å². The summed E-state index contributed by atoms with van der Waals surface area (Å²) in [7, 11) is 0. The highest BCUT2D eigenvalue weighted by Crippen LogP contribution is 2.51. The fourth-order valence-electron chi connectivity index (χ4n) is 11.2. The first-order valence-corrected chi connectivity index (χ1v) is 24.7. The minimum Gasteiger partial charge on any atom is -0.310 e. The summed E-state index contributed by atoms with van der Waals surface area (Å²) < 4.78 is 2.42. The summed E-state index contributed by atoms with van der Waals surface area (Å²) in [6, 6.07) is 98.0. The van der Waals surface area contributed by atoms with Crippen LogP contribution in [0.5, 0.6) is 0 Å². The summed E-state index contributed by atoms with van der Waals surface area (Å²) in [5.41, 5.74) is 23.8. The van der Waals surface area contributed by atoms with Crippen LogP contribution in [0.25, 0.3) is 94.3 Å². The fourth-order valence-corrected chi connectivity index (χ4v) is 11.2. The second kappa shape index (κ2) is 17.2. The highest BCUT2D eigenvalue weighted by Gasteiger charge is 2.36. The van der Waals surface area contributed by atoms with Crippen molar-refractivity contribution in [2.45, 2.75) is 19.3 Å². The summed E-state index contributed by atoms with van der Waals surface area (Å²) in [5, 5.41) is 2.49. The molecule has 2 nitrogen and oxygen atoms in total. The van der Waals surface area contributed by atoms with Crippen LogP contribution in [0.4, 0.5) is 17.1 Å². The number of benzene rings is 11. The molecule has 0 spiro atoms. The lowest BCUT2D eigenvalue weighted by atomic mass is 9.82. The molecule has 1 aliphatic rings. The lowest BCUT2D eigenvalue weighted by Crippen LogP contribution is -2.16. The van der Waals surface area contributed by atoms with Gasteiger partial charge in [0, 0.05) is 38.9 Å². The predicted molar refractivity (Wildman–Crippen MR) is 300 cm³/mol. The third-order valence-corrected chi connectivity index (χ3v) is 14.8. The van der Waals surface area contributed by atoms with Gasteiger partial charge in [-0.1, -0.05) is 208 Å². The molecule has 11 aromatic carbocycles. The molecule has 0 bridgehead atoms. The van der Waals surface area contributed by atoms with Crippen LogP contribution < -0.4 is 4.90 Å². The van der Waals surface area contributed by atoms with Crippen molar-refractivity contribution in [3.8, 4) is 72.4 Å². The number of para-hydroxylation sites is 1. The van der Waals surface area contributed by atoms with E-state index in [1.165, 1.54) is 88.6 Å². The van der Waals surface area contributed by atoms with Gasteiger partial charge in [-0.3, -0.25) is 0 Å². The van der Waals surface area contributed by atoms with Gasteiger partial charge in [0.2, 0.25) is 0 Å². The Labute approximate surface area is 416 Å². The first-order chi connectivity index (χ1) is 34.9. The monoisotopic (exact) mass is 906 g/mol. The molecule has 0 saturated heterocycles. The van der Waals surface area contributed by atoms with Crippen molar-refractivity contribution in [2.24, 2.45) is 0 Å². The Morgan fingerprint density at radius 1 is 0.282 bits per heavy atom. The Morgan fingerprint density at radius 3 is 1.44 bits per heavy atom. The Balaban J connectivity index is 0.935. The van der Waals surface area contributed by atoms with Crippen LogP contribution >= 0.6 is 0 Å². The minimum atomic E-state index is -0.151. The van der Waals surface area contributed by atoms with Gasteiger partial charge in [0.1, 0.15) is 0 Å². The maximum Gasteiger partial charge on any atom is 0.0547 e. The smallest absolute Gasteiger partial charge is 0.0547 e. The molecule has 71 heavy (non-hydrogen) atoms. The largest absolute Gasteiger partial charge is 0.310 e. The SMILES string of the molecule is CC1(C)c2ccccc2-c2ccc(N(c3cccc(-c4cccc(-c5ccc6c7ccccc7n(-c7ccc(-c8ccccc8)cc7)c6c5)c4)c3)c3cc(-c4ccccc4)cc(-c4ccccc4)c3)cc21. The van der Waals surface area contributed by atoms with Gasteiger partial charge in [0.15, 0.2) is 0 Å². The second-order valence-electron chi connectivity index (χ2n) is 19.4. The molecule has 12 aromatic rings. The summed E-state index contributed by atoms with van der Waals surface area (Å²) in [5.74, 6) is 0. The number of anilines is 3. The molecule has 0 atom stereocenters. The van der Waals surface area contributed by atoms with Crippen molar-refractivity contribution >= 4 is 38.9 Å². The zero-order valence-electron chi connectivity index (χ0n) is 39.8. The van der Waals surface area contributed by atoms with Crippen LogP contribution in [0.2, 0.25) is 0 Å². The Kier molecular flexibility index (Phi) is 10.2. The lowest BCUT2D eigenvalue weighted by molar-refractivity contribution is 0.660. The number of fused-ring (bicyclic) bond motifs is 6. The van der Waals surface area contributed by atoms with Crippen molar-refractivity contribution in [1.29, 1.82) is 0 Å². The average molecular weight is 907 g/mol. The standard InChI is InChI=1S/C69H50N2/c1-69(2)65-30-14-12-28-61(65)62-39-37-59(46-66(62)69)70(60-43-55(48-20-8-4-9-21-48)41-56(44-60)49-22-10-5-11-23-49)58-27-17-26-53(42-58)51-24-16-25-52(40-51)54-34-38-64-63-29-13-15-31-67(63)71(68(64)45-54)57-35-32-50(33-36-57)47-18-6-3-7-19-47/h3-46H,1-2H3. The number of rotatable bonds is 9. The molecule has 1 heterocycles. The summed E-state index contributed by atoms with van der Waals surface area (Å²) in [4.78, 5) is 2.46. The number of hydrogen-bond acceptors (Lipinski definition) is 1. The molecule has 0 aliphatic heterocycles. The average Bonchev–Trinajstić information content (AvgIpc) is 3.89. The first kappa shape index (κ1) is 42.1. The molecule has 1 aromatic heterocycles. The van der Waals surface area contributed by atoms with Crippen molar-refractivity contribution < 1.29 is 0 Å². The van der Waals surface area contributed by atoms with E-state index in [0.29, 0.717) is 0 Å². The summed E-state index contributed by atoms with van der Waals surface area (Å²) in [6.07, 6.45) is 0. The highest BCUT2D eigenvalue weighted by molar-refractivity contribution is 6.10. The van der Waals surface area contributed by atoms with Crippen molar-refractivity contribution in [1.82, 2.24) is 4.57 Å². The molecule has 2 heteroatoms. The van der Waals surface area contributed by atoms with Crippen LogP contribution in [-0.2, 0) is 5.41 Å². The summed E-state index contributed by atoms with van der Waals surface area (Å²) >= 11 is 0. The van der Waals surface area contributed by atoms with E-state index in [4.69, 9.17) is 0 Å². The predicted octanol–water partition coefficient (Wildman–Crippen LogP) is 18.9. The molecule has 1 aliphatic carbocycles. The number of nitrogens with zero attached hydrogens (tertiary/aromatic N) is 2. The van der Waals surface area contributed by atoms with Crippen molar-refractivity contribution in [3.63, 3.8) is 0 Å². The molecular weight excluding hydrogens is 857 g/mol. The topological polar surface area (TPSA) is 8.17 Å². The zero-order chi connectivity index (χ0) is 47.5. The van der Waals surface area contributed by atoms with E-state index in [2.05, 4.69) is 290 Å². The van der Waals surface area contributed by atoms with E-state index >= 15 is 0 Å². The maximum absolute atomic E-state index is 2.46. The minimum absolute atomic E-state index is 0.151. The molecule has 0 fully saturated rings. The van der Waals surface area contributed by atoms with E-state index in [9.17, 15) is 0 Å². The van der Waals surface area contributed by atoms with Crippen molar-refractivity contribution in [2.75, 3.05) is 4.90 Å². The number of hydrogen-bond donors (Lipinski definition) is 0. The van der Waals surface area contributed by atoms with Gasteiger partial charge in [0.05, 0.1) is 11.0 Å². The zero-order valence-corrected chi connectivity index (χ0v) is 39.8. The first-order valence-electron chi connectivity index (χ1n) is 24.7. The fraction of sp³-hybridized carbons (Fsp3) is 0.0435. The molecule has 0 N–H and O–H groups in total. The Bertz CT molecular complexity index is 3880. The van der Waals surface area contributed by atoms with Gasteiger partial charge in [-0.25, -0.2) is 0 Å². The molecule has 13 rings (SSSR count). The van der Waals surface area contributed by atoms with Gasteiger partial charge < -0.3 is 9.47 Å². The van der Waals surface area contributed by atoms with Gasteiger partial charge >= 0.3 is 0 Å². The molecular formula is C69H50N2. The molecule has 0 unspecified atom stereocenters. The lowest BCUT2D eigenvalue weighted by Gasteiger charge is -2.29. The second-order valence-corrected chi connectivity index (χ2v) is 19.4. The molecule has 336 valence electrons. The van der Waals surface area contributed by atoms with Crippen LogP contribution in [0, 0.1) is 0 Å². The number of aromatic nitrogens is 1. The highest BCUT2D eigenvalue weighted by atomic mass is 15.1. The molecule has 0 saturated carbocycles. The van der Waals surface area contributed by atoms with Crippen LogP contribution in [-0.4, -0.2) is 4.57 Å². The third-order valence-electron chi connectivity index (χ3n) is 14.8. The quantitative estimate of drug-likeness (QED) is 0.140. The Morgan fingerprint density at radius 2 is 0.746 bits per heavy atom. The third kappa shape index (κ3) is 7.44. The van der Waals surface area contributed by atoms with E-state index < -0.39 is 0 Å².